The van der Waals surface area contributed by atoms with Crippen LogP contribution in [0.3, 0.4) is 0 Å². The monoisotopic (exact) mass is 350 g/mol. The molecular formula is C21H22N2O3. The minimum Gasteiger partial charge on any atom is -0.468 e. The summed E-state index contributed by atoms with van der Waals surface area (Å²) in [6.07, 6.45) is 0.582. The molecule has 2 aliphatic heterocycles. The summed E-state index contributed by atoms with van der Waals surface area (Å²) in [5.41, 5.74) is 0.972. The molecule has 5 heteroatoms. The first kappa shape index (κ1) is 16.6. The van der Waals surface area contributed by atoms with Gasteiger partial charge in [0.15, 0.2) is 5.72 Å². The molecule has 3 atom stereocenters. The molecule has 2 aliphatic rings. The Hall–Kier alpha value is -2.82. The number of nitrogens with one attached hydrogen (secondary N) is 1. The predicted octanol–water partition coefficient (Wildman–Crippen LogP) is 3.07. The normalized spacial score (nSPS) is 26.3. The molecule has 3 unspecified atom stereocenters. The van der Waals surface area contributed by atoms with Crippen LogP contribution in [-0.4, -0.2) is 24.1 Å². The SMILES string of the molecule is CCN(C(=O)C1C(=O)NC2(C)CC1c1ccccc1O2)c1ccccc1. The van der Waals surface area contributed by atoms with E-state index in [0.717, 1.165) is 17.0 Å². The molecule has 4 rings (SSSR count). The number of carbonyl (C=O) groups excluding carboxylic acids is 2. The Morgan fingerprint density at radius 2 is 1.88 bits per heavy atom. The van der Waals surface area contributed by atoms with Crippen LogP contribution in [-0.2, 0) is 9.59 Å². The lowest BCUT2D eigenvalue weighted by Crippen LogP contribution is -2.63. The molecule has 0 radical (unpaired) electrons. The van der Waals surface area contributed by atoms with Crippen molar-refractivity contribution in [1.82, 2.24) is 5.32 Å². The van der Waals surface area contributed by atoms with E-state index < -0.39 is 11.6 Å². The van der Waals surface area contributed by atoms with Gasteiger partial charge in [-0.15, -0.1) is 0 Å². The minimum absolute atomic E-state index is 0.167. The Bertz CT molecular complexity index is 851. The van der Waals surface area contributed by atoms with E-state index in [1.165, 1.54) is 0 Å². The molecule has 1 fully saturated rings. The molecule has 0 aromatic heterocycles. The first-order chi connectivity index (χ1) is 12.5. The van der Waals surface area contributed by atoms with Crippen LogP contribution in [0, 0.1) is 5.92 Å². The summed E-state index contributed by atoms with van der Waals surface area (Å²) >= 11 is 0. The van der Waals surface area contributed by atoms with Crippen LogP contribution in [0.1, 0.15) is 31.7 Å². The zero-order valence-corrected chi connectivity index (χ0v) is 14.9. The molecule has 2 heterocycles. The Kier molecular flexibility index (Phi) is 3.94. The highest BCUT2D eigenvalue weighted by Crippen LogP contribution is 2.47. The Morgan fingerprint density at radius 3 is 2.62 bits per heavy atom. The molecule has 0 saturated carbocycles. The fourth-order valence-electron chi connectivity index (χ4n) is 4.11. The number of hydrogen-bond donors (Lipinski definition) is 1. The van der Waals surface area contributed by atoms with Gasteiger partial charge in [-0.2, -0.15) is 0 Å². The molecule has 5 nitrogen and oxygen atoms in total. The van der Waals surface area contributed by atoms with E-state index in [2.05, 4.69) is 5.32 Å². The lowest BCUT2D eigenvalue weighted by molar-refractivity contribution is -0.146. The van der Waals surface area contributed by atoms with E-state index in [1.807, 2.05) is 68.4 Å². The van der Waals surface area contributed by atoms with Gasteiger partial charge in [-0.1, -0.05) is 36.4 Å². The summed E-state index contributed by atoms with van der Waals surface area (Å²) in [5, 5.41) is 2.92. The lowest BCUT2D eigenvalue weighted by Gasteiger charge is -2.47. The average molecular weight is 350 g/mol. The van der Waals surface area contributed by atoms with Gasteiger partial charge in [0.25, 0.3) is 0 Å². The van der Waals surface area contributed by atoms with Crippen molar-refractivity contribution in [3.05, 3.63) is 60.2 Å². The summed E-state index contributed by atoms with van der Waals surface area (Å²) < 4.78 is 6.00. The summed E-state index contributed by atoms with van der Waals surface area (Å²) in [7, 11) is 0. The largest absolute Gasteiger partial charge is 0.468 e. The van der Waals surface area contributed by atoms with Gasteiger partial charge in [0, 0.05) is 24.6 Å². The van der Waals surface area contributed by atoms with Crippen molar-refractivity contribution in [3.8, 4) is 5.75 Å². The Morgan fingerprint density at radius 1 is 1.19 bits per heavy atom. The molecule has 2 bridgehead atoms. The molecule has 2 amide bonds. The second-order valence-corrected chi connectivity index (χ2v) is 7.07. The van der Waals surface area contributed by atoms with Gasteiger partial charge in [0.2, 0.25) is 11.8 Å². The zero-order valence-electron chi connectivity index (χ0n) is 14.9. The van der Waals surface area contributed by atoms with E-state index in [9.17, 15) is 9.59 Å². The first-order valence-corrected chi connectivity index (χ1v) is 8.99. The molecule has 0 spiro atoms. The molecule has 2 aromatic carbocycles. The zero-order chi connectivity index (χ0) is 18.3. The van der Waals surface area contributed by atoms with Gasteiger partial charge in [0.05, 0.1) is 0 Å². The number of carbonyl (C=O) groups is 2. The first-order valence-electron chi connectivity index (χ1n) is 8.99. The van der Waals surface area contributed by atoms with Crippen molar-refractivity contribution in [2.24, 2.45) is 5.92 Å². The second-order valence-electron chi connectivity index (χ2n) is 7.07. The third-order valence-corrected chi connectivity index (χ3v) is 5.25. The van der Waals surface area contributed by atoms with Crippen LogP contribution in [0.2, 0.25) is 0 Å². The van der Waals surface area contributed by atoms with Crippen molar-refractivity contribution >= 4 is 17.5 Å². The quantitative estimate of drug-likeness (QED) is 0.866. The van der Waals surface area contributed by atoms with Crippen LogP contribution >= 0.6 is 0 Å². The molecular weight excluding hydrogens is 328 g/mol. The summed E-state index contributed by atoms with van der Waals surface area (Å²) in [5.74, 6) is -0.637. The Balaban J connectivity index is 1.74. The van der Waals surface area contributed by atoms with Gasteiger partial charge < -0.3 is 15.0 Å². The van der Waals surface area contributed by atoms with Gasteiger partial charge in [-0.3, -0.25) is 9.59 Å². The molecule has 2 aromatic rings. The standard InChI is InChI=1S/C21H22N2O3/c1-3-23(14-9-5-4-6-10-14)20(25)18-16-13-21(2,22-19(18)24)26-17-12-8-7-11-15(16)17/h4-12,16,18H,3,13H2,1-2H3,(H,22,24). The van der Waals surface area contributed by atoms with E-state index in [0.29, 0.717) is 13.0 Å². The maximum Gasteiger partial charge on any atom is 0.240 e. The van der Waals surface area contributed by atoms with Crippen LogP contribution in [0.15, 0.2) is 54.6 Å². The van der Waals surface area contributed by atoms with Gasteiger partial charge >= 0.3 is 0 Å². The predicted molar refractivity (Wildman–Crippen MR) is 98.9 cm³/mol. The van der Waals surface area contributed by atoms with E-state index in [-0.39, 0.29) is 17.7 Å². The van der Waals surface area contributed by atoms with Crippen LogP contribution in [0.25, 0.3) is 0 Å². The second kappa shape index (κ2) is 6.16. The van der Waals surface area contributed by atoms with Crippen molar-refractivity contribution in [2.45, 2.75) is 31.9 Å². The Labute approximate surface area is 153 Å². The van der Waals surface area contributed by atoms with Crippen LogP contribution < -0.4 is 15.0 Å². The molecule has 1 N–H and O–H groups in total. The van der Waals surface area contributed by atoms with Gasteiger partial charge in [0.1, 0.15) is 11.7 Å². The van der Waals surface area contributed by atoms with Crippen LogP contribution in [0.4, 0.5) is 5.69 Å². The number of rotatable bonds is 3. The highest BCUT2D eigenvalue weighted by atomic mass is 16.5. The number of amides is 2. The molecule has 26 heavy (non-hydrogen) atoms. The fraction of sp³-hybridized carbons (Fsp3) is 0.333. The highest BCUT2D eigenvalue weighted by Gasteiger charge is 2.52. The molecule has 1 saturated heterocycles. The van der Waals surface area contributed by atoms with E-state index >= 15 is 0 Å². The number of para-hydroxylation sites is 2. The average Bonchev–Trinajstić information content (AvgIpc) is 2.62. The van der Waals surface area contributed by atoms with Crippen LogP contribution in [0.5, 0.6) is 5.75 Å². The fourth-order valence-corrected chi connectivity index (χ4v) is 4.11. The third-order valence-electron chi connectivity index (χ3n) is 5.25. The highest BCUT2D eigenvalue weighted by molar-refractivity contribution is 6.09. The van der Waals surface area contributed by atoms with Gasteiger partial charge in [-0.25, -0.2) is 0 Å². The number of anilines is 1. The van der Waals surface area contributed by atoms with Crippen molar-refractivity contribution in [1.29, 1.82) is 0 Å². The topological polar surface area (TPSA) is 58.6 Å². The number of ether oxygens (including phenoxy) is 1. The van der Waals surface area contributed by atoms with E-state index in [1.54, 1.807) is 4.90 Å². The maximum absolute atomic E-state index is 13.4. The number of nitrogens with zero attached hydrogens (tertiary/aromatic N) is 1. The number of piperidine rings is 1. The van der Waals surface area contributed by atoms with Gasteiger partial charge in [-0.05, 0) is 37.6 Å². The summed E-state index contributed by atoms with van der Waals surface area (Å²) in [6.45, 7) is 4.30. The lowest BCUT2D eigenvalue weighted by atomic mass is 9.74. The number of benzene rings is 2. The van der Waals surface area contributed by atoms with Crippen molar-refractivity contribution in [3.63, 3.8) is 0 Å². The minimum atomic E-state index is -0.767. The molecule has 0 aliphatic carbocycles. The maximum atomic E-state index is 13.4. The molecule has 134 valence electrons. The third kappa shape index (κ3) is 2.64. The number of hydrogen-bond acceptors (Lipinski definition) is 3. The summed E-state index contributed by atoms with van der Waals surface area (Å²) in [6, 6.07) is 17.2. The smallest absolute Gasteiger partial charge is 0.240 e. The van der Waals surface area contributed by atoms with Crippen molar-refractivity contribution < 1.29 is 14.3 Å². The number of fused-ring (bicyclic) bond motifs is 4. The van der Waals surface area contributed by atoms with Crippen molar-refractivity contribution in [2.75, 3.05) is 11.4 Å². The van der Waals surface area contributed by atoms with E-state index in [4.69, 9.17) is 4.74 Å². The summed E-state index contributed by atoms with van der Waals surface area (Å²) in [4.78, 5) is 27.9.